The first-order valence-corrected chi connectivity index (χ1v) is 10.3. The standard InChI is InChI=1S/C25H26FNO4/c1-25(2)13-21-24(22(28)14-25)20(15-5-7-16(26)8-6-15)12-23(29)27(21)17-9-18(30-3)11-19(10-17)31-4/h5-11,20H,12-14H2,1-4H3. The average Bonchev–Trinajstić information content (AvgIpc) is 2.72. The first-order chi connectivity index (χ1) is 14.7. The molecule has 0 saturated heterocycles. The van der Waals surface area contributed by atoms with Gasteiger partial charge < -0.3 is 9.47 Å². The number of amides is 1. The van der Waals surface area contributed by atoms with Gasteiger partial charge in [0.1, 0.15) is 17.3 Å². The lowest BCUT2D eigenvalue weighted by molar-refractivity contribution is -0.121. The monoisotopic (exact) mass is 423 g/mol. The number of hydrogen-bond donors (Lipinski definition) is 0. The van der Waals surface area contributed by atoms with E-state index in [0.29, 0.717) is 41.3 Å². The van der Waals surface area contributed by atoms with Crippen molar-refractivity contribution in [2.24, 2.45) is 5.41 Å². The number of carbonyl (C=O) groups excluding carboxylic acids is 2. The third-order valence-corrected chi connectivity index (χ3v) is 6.01. The van der Waals surface area contributed by atoms with Crippen LogP contribution in [0.3, 0.4) is 0 Å². The SMILES string of the molecule is COc1cc(OC)cc(N2C(=O)CC(c3ccc(F)cc3)C3=C2CC(C)(C)CC3=O)c1. The number of rotatable bonds is 4. The summed E-state index contributed by atoms with van der Waals surface area (Å²) in [5.74, 6) is 0.316. The van der Waals surface area contributed by atoms with Crippen LogP contribution in [0.25, 0.3) is 0 Å². The van der Waals surface area contributed by atoms with Gasteiger partial charge in [-0.15, -0.1) is 0 Å². The van der Waals surface area contributed by atoms with Crippen LogP contribution in [-0.4, -0.2) is 25.9 Å². The molecule has 0 aromatic heterocycles. The predicted octanol–water partition coefficient (Wildman–Crippen LogP) is 5.01. The van der Waals surface area contributed by atoms with E-state index in [4.69, 9.17) is 9.47 Å². The summed E-state index contributed by atoms with van der Waals surface area (Å²) in [5, 5.41) is 0. The first-order valence-electron chi connectivity index (χ1n) is 10.3. The number of benzene rings is 2. The highest BCUT2D eigenvalue weighted by atomic mass is 19.1. The number of Topliss-reactive ketones (excluding diaryl/α,β-unsaturated/α-hetero) is 1. The maximum atomic E-state index is 13.5. The Balaban J connectivity index is 1.90. The molecule has 2 aromatic carbocycles. The van der Waals surface area contributed by atoms with Crippen molar-refractivity contribution in [1.29, 1.82) is 0 Å². The molecule has 1 unspecified atom stereocenters. The van der Waals surface area contributed by atoms with E-state index in [-0.39, 0.29) is 35.3 Å². The molecular formula is C25H26FNO4. The number of hydrogen-bond acceptors (Lipinski definition) is 4. The quantitative estimate of drug-likeness (QED) is 0.694. The fourth-order valence-corrected chi connectivity index (χ4v) is 4.62. The van der Waals surface area contributed by atoms with Crippen molar-refractivity contribution in [1.82, 2.24) is 0 Å². The molecule has 0 radical (unpaired) electrons. The molecule has 5 nitrogen and oxygen atoms in total. The fraction of sp³-hybridized carbons (Fsp3) is 0.360. The van der Waals surface area contributed by atoms with E-state index >= 15 is 0 Å². The van der Waals surface area contributed by atoms with E-state index in [9.17, 15) is 14.0 Å². The Labute approximate surface area is 181 Å². The lowest BCUT2D eigenvalue weighted by Crippen LogP contribution is -2.43. The van der Waals surface area contributed by atoms with E-state index in [1.807, 2.05) is 13.8 Å². The molecule has 0 bridgehead atoms. The van der Waals surface area contributed by atoms with Crippen LogP contribution in [0.4, 0.5) is 10.1 Å². The Morgan fingerprint density at radius 3 is 2.16 bits per heavy atom. The summed E-state index contributed by atoms with van der Waals surface area (Å²) < 4.78 is 24.3. The minimum absolute atomic E-state index is 0.0351. The van der Waals surface area contributed by atoms with Crippen LogP contribution in [0, 0.1) is 11.2 Å². The van der Waals surface area contributed by atoms with E-state index in [1.54, 1.807) is 49.5 Å². The Kier molecular flexibility index (Phi) is 5.33. The second-order valence-corrected chi connectivity index (χ2v) is 8.91. The van der Waals surface area contributed by atoms with Gasteiger partial charge in [0.05, 0.1) is 19.9 Å². The molecule has 1 heterocycles. The number of nitrogens with zero attached hydrogens (tertiary/aromatic N) is 1. The maximum absolute atomic E-state index is 13.5. The minimum atomic E-state index is -0.379. The van der Waals surface area contributed by atoms with Crippen LogP contribution in [0.15, 0.2) is 53.7 Å². The summed E-state index contributed by atoms with van der Waals surface area (Å²) >= 11 is 0. The van der Waals surface area contributed by atoms with Crippen molar-refractivity contribution < 1.29 is 23.5 Å². The number of ketones is 1. The predicted molar refractivity (Wildman–Crippen MR) is 116 cm³/mol. The zero-order chi connectivity index (χ0) is 22.3. The highest BCUT2D eigenvalue weighted by molar-refractivity contribution is 6.08. The first kappa shape index (κ1) is 21.1. The molecule has 1 aliphatic carbocycles. The zero-order valence-corrected chi connectivity index (χ0v) is 18.2. The molecule has 162 valence electrons. The van der Waals surface area contributed by atoms with Gasteiger partial charge in [-0.3, -0.25) is 14.5 Å². The van der Waals surface area contributed by atoms with Gasteiger partial charge in [0, 0.05) is 48.2 Å². The van der Waals surface area contributed by atoms with Crippen LogP contribution in [-0.2, 0) is 9.59 Å². The molecule has 4 rings (SSSR count). The van der Waals surface area contributed by atoms with Gasteiger partial charge in [-0.1, -0.05) is 26.0 Å². The fourth-order valence-electron chi connectivity index (χ4n) is 4.62. The normalized spacial score (nSPS) is 20.5. The highest BCUT2D eigenvalue weighted by Gasteiger charge is 2.44. The molecule has 0 spiro atoms. The number of ether oxygens (including phenoxy) is 2. The summed E-state index contributed by atoms with van der Waals surface area (Å²) in [6.45, 7) is 4.07. The van der Waals surface area contributed by atoms with Crippen LogP contribution in [0.1, 0.15) is 44.6 Å². The van der Waals surface area contributed by atoms with Gasteiger partial charge in [0.15, 0.2) is 5.78 Å². The van der Waals surface area contributed by atoms with Gasteiger partial charge in [0.25, 0.3) is 0 Å². The zero-order valence-electron chi connectivity index (χ0n) is 18.2. The highest BCUT2D eigenvalue weighted by Crippen LogP contribution is 2.48. The molecule has 1 atom stereocenters. The van der Waals surface area contributed by atoms with E-state index in [2.05, 4.69) is 0 Å². The lowest BCUT2D eigenvalue weighted by Gasteiger charge is -2.43. The van der Waals surface area contributed by atoms with E-state index in [1.165, 1.54) is 12.1 Å². The molecule has 2 aliphatic rings. The number of allylic oxidation sites excluding steroid dienone is 2. The van der Waals surface area contributed by atoms with Crippen molar-refractivity contribution >= 4 is 17.4 Å². The number of anilines is 1. The summed E-state index contributed by atoms with van der Waals surface area (Å²) in [6, 6.07) is 11.4. The van der Waals surface area contributed by atoms with Crippen molar-refractivity contribution in [3.63, 3.8) is 0 Å². The Morgan fingerprint density at radius 1 is 0.968 bits per heavy atom. The number of methoxy groups -OCH3 is 2. The third kappa shape index (κ3) is 3.94. The van der Waals surface area contributed by atoms with Crippen molar-refractivity contribution in [3.05, 3.63) is 65.1 Å². The Bertz CT molecular complexity index is 1050. The van der Waals surface area contributed by atoms with Crippen molar-refractivity contribution in [2.75, 3.05) is 19.1 Å². The number of carbonyl (C=O) groups is 2. The van der Waals surface area contributed by atoms with Crippen molar-refractivity contribution in [3.8, 4) is 11.5 Å². The molecule has 1 amide bonds. The largest absolute Gasteiger partial charge is 0.497 e. The van der Waals surface area contributed by atoms with E-state index < -0.39 is 0 Å². The second kappa shape index (κ2) is 7.84. The van der Waals surface area contributed by atoms with Gasteiger partial charge in [-0.25, -0.2) is 4.39 Å². The van der Waals surface area contributed by atoms with Gasteiger partial charge in [0.2, 0.25) is 5.91 Å². The minimum Gasteiger partial charge on any atom is -0.497 e. The van der Waals surface area contributed by atoms with Gasteiger partial charge >= 0.3 is 0 Å². The molecule has 2 aromatic rings. The van der Waals surface area contributed by atoms with Gasteiger partial charge in [-0.05, 0) is 29.5 Å². The molecule has 0 saturated carbocycles. The maximum Gasteiger partial charge on any atom is 0.232 e. The van der Waals surface area contributed by atoms with Crippen LogP contribution in [0.5, 0.6) is 11.5 Å². The topological polar surface area (TPSA) is 55.8 Å². The van der Waals surface area contributed by atoms with Crippen LogP contribution >= 0.6 is 0 Å². The summed E-state index contributed by atoms with van der Waals surface area (Å²) in [4.78, 5) is 28.4. The lowest BCUT2D eigenvalue weighted by atomic mass is 9.69. The molecule has 6 heteroatoms. The van der Waals surface area contributed by atoms with E-state index in [0.717, 1.165) is 5.56 Å². The third-order valence-electron chi connectivity index (χ3n) is 6.01. The Morgan fingerprint density at radius 2 is 1.58 bits per heavy atom. The molecule has 0 fully saturated rings. The van der Waals surface area contributed by atoms with Crippen LogP contribution < -0.4 is 14.4 Å². The summed E-state index contributed by atoms with van der Waals surface area (Å²) in [6.07, 6.45) is 1.13. The Hall–Kier alpha value is -3.15. The smallest absolute Gasteiger partial charge is 0.232 e. The molecule has 0 N–H and O–H groups in total. The molecule has 31 heavy (non-hydrogen) atoms. The molecule has 1 aliphatic heterocycles. The second-order valence-electron chi connectivity index (χ2n) is 8.91. The summed E-state index contributed by atoms with van der Waals surface area (Å²) in [5.41, 5.74) is 2.46. The number of halogens is 1. The summed E-state index contributed by atoms with van der Waals surface area (Å²) in [7, 11) is 3.11. The average molecular weight is 423 g/mol. The van der Waals surface area contributed by atoms with Crippen molar-refractivity contribution in [2.45, 2.75) is 39.0 Å². The van der Waals surface area contributed by atoms with Crippen LogP contribution in [0.2, 0.25) is 0 Å². The molecular weight excluding hydrogens is 397 g/mol. The van der Waals surface area contributed by atoms with Gasteiger partial charge in [-0.2, -0.15) is 0 Å².